The van der Waals surface area contributed by atoms with Crippen molar-refractivity contribution in [3.8, 4) is 0 Å². The molecule has 0 aromatic heterocycles. The van der Waals surface area contributed by atoms with Crippen LogP contribution in [-0.2, 0) is 14.3 Å². The molecule has 2 atom stereocenters. The second kappa shape index (κ2) is 5.73. The number of likely N-dealkylation sites (tertiary alicyclic amines) is 1. The van der Waals surface area contributed by atoms with Crippen LogP contribution in [0.1, 0.15) is 24.4 Å². The van der Waals surface area contributed by atoms with E-state index in [1.165, 1.54) is 19.1 Å². The van der Waals surface area contributed by atoms with Crippen LogP contribution in [0.4, 0.5) is 4.79 Å². The molecule has 0 spiro atoms. The van der Waals surface area contributed by atoms with E-state index in [0.717, 1.165) is 12.0 Å². The minimum Gasteiger partial charge on any atom is -0.467 e. The van der Waals surface area contributed by atoms with Gasteiger partial charge in [-0.2, -0.15) is 0 Å². The molecule has 1 aliphatic heterocycles. The topological polar surface area (TPSA) is 55.8 Å². The van der Waals surface area contributed by atoms with Crippen LogP contribution < -0.4 is 0 Å². The SMILES string of the molecule is COC(=O)[C@@H]1CC[C@H](c2ccccc2)N1C(=O)OC. The Morgan fingerprint density at radius 2 is 1.79 bits per heavy atom. The molecule has 0 N–H and O–H groups in total. The summed E-state index contributed by atoms with van der Waals surface area (Å²) in [5.41, 5.74) is 0.999. The zero-order valence-electron chi connectivity index (χ0n) is 11.0. The molecule has 5 nitrogen and oxygen atoms in total. The number of carbonyl (C=O) groups excluding carboxylic acids is 2. The average Bonchev–Trinajstić information content (AvgIpc) is 2.91. The molecule has 0 saturated carbocycles. The normalized spacial score (nSPS) is 22.1. The highest BCUT2D eigenvalue weighted by Gasteiger charge is 2.42. The van der Waals surface area contributed by atoms with Gasteiger partial charge in [0.25, 0.3) is 0 Å². The highest BCUT2D eigenvalue weighted by Crippen LogP contribution is 2.36. The number of ether oxygens (including phenoxy) is 2. The number of carbonyl (C=O) groups is 2. The molecule has 1 fully saturated rings. The van der Waals surface area contributed by atoms with Crippen LogP contribution in [0.25, 0.3) is 0 Å². The Hall–Kier alpha value is -2.04. The van der Waals surface area contributed by atoms with Gasteiger partial charge in [-0.25, -0.2) is 9.59 Å². The maximum absolute atomic E-state index is 11.9. The van der Waals surface area contributed by atoms with Crippen LogP contribution in [-0.4, -0.2) is 37.2 Å². The zero-order chi connectivity index (χ0) is 13.8. The van der Waals surface area contributed by atoms with Gasteiger partial charge >= 0.3 is 12.1 Å². The van der Waals surface area contributed by atoms with E-state index in [0.29, 0.717) is 6.42 Å². The van der Waals surface area contributed by atoms with Gasteiger partial charge in [0.05, 0.1) is 20.3 Å². The van der Waals surface area contributed by atoms with Gasteiger partial charge < -0.3 is 9.47 Å². The van der Waals surface area contributed by atoms with Gasteiger partial charge in [-0.05, 0) is 18.4 Å². The monoisotopic (exact) mass is 263 g/mol. The standard InChI is InChI=1S/C14H17NO4/c1-18-13(16)12-9-8-11(15(12)14(17)19-2)10-6-4-3-5-7-10/h3-7,11-12H,8-9H2,1-2H3/t11-,12+/m1/s1. The molecule has 0 radical (unpaired) electrons. The summed E-state index contributed by atoms with van der Waals surface area (Å²) in [4.78, 5) is 25.1. The minimum atomic E-state index is -0.567. The van der Waals surface area contributed by atoms with E-state index in [4.69, 9.17) is 9.47 Å². The first-order valence-electron chi connectivity index (χ1n) is 6.18. The summed E-state index contributed by atoms with van der Waals surface area (Å²) in [5.74, 6) is -0.399. The molecule has 0 unspecified atom stereocenters. The number of methoxy groups -OCH3 is 2. The van der Waals surface area contributed by atoms with Crippen molar-refractivity contribution in [2.24, 2.45) is 0 Å². The largest absolute Gasteiger partial charge is 0.467 e. The van der Waals surface area contributed by atoms with Crippen molar-refractivity contribution in [1.82, 2.24) is 4.90 Å². The predicted octanol–water partition coefficient (Wildman–Crippen LogP) is 2.13. The van der Waals surface area contributed by atoms with Crippen molar-refractivity contribution < 1.29 is 19.1 Å². The van der Waals surface area contributed by atoms with E-state index in [1.807, 2.05) is 30.3 Å². The molecular weight excluding hydrogens is 246 g/mol. The number of rotatable bonds is 2. The van der Waals surface area contributed by atoms with E-state index in [2.05, 4.69) is 0 Å². The summed E-state index contributed by atoms with van der Waals surface area (Å²) < 4.78 is 9.54. The molecular formula is C14H17NO4. The van der Waals surface area contributed by atoms with Gasteiger partial charge in [-0.1, -0.05) is 30.3 Å². The first-order chi connectivity index (χ1) is 9.19. The Bertz CT molecular complexity index is 460. The third-order valence-corrected chi connectivity index (χ3v) is 3.43. The van der Waals surface area contributed by atoms with Crippen LogP contribution in [0, 0.1) is 0 Å². The number of amides is 1. The second-order valence-corrected chi connectivity index (χ2v) is 4.42. The number of esters is 1. The highest BCUT2D eigenvalue weighted by atomic mass is 16.5. The Kier molecular flexibility index (Phi) is 4.04. The lowest BCUT2D eigenvalue weighted by atomic mass is 10.1. The van der Waals surface area contributed by atoms with Crippen molar-refractivity contribution in [2.75, 3.05) is 14.2 Å². The van der Waals surface area contributed by atoms with Crippen LogP contribution in [0.5, 0.6) is 0 Å². The molecule has 2 rings (SSSR count). The molecule has 1 amide bonds. The lowest BCUT2D eigenvalue weighted by molar-refractivity contribution is -0.145. The van der Waals surface area contributed by atoms with Crippen LogP contribution in [0.3, 0.4) is 0 Å². The van der Waals surface area contributed by atoms with Gasteiger partial charge in [0.1, 0.15) is 6.04 Å². The number of nitrogens with zero attached hydrogens (tertiary/aromatic N) is 1. The molecule has 1 aromatic rings. The van der Waals surface area contributed by atoms with Crippen molar-refractivity contribution in [1.29, 1.82) is 0 Å². The average molecular weight is 263 g/mol. The first kappa shape index (κ1) is 13.4. The summed E-state index contributed by atoms with van der Waals surface area (Å²) in [6.07, 6.45) is 0.807. The third-order valence-electron chi connectivity index (χ3n) is 3.43. The molecule has 0 aliphatic carbocycles. The maximum atomic E-state index is 11.9. The van der Waals surface area contributed by atoms with Crippen LogP contribution in [0.2, 0.25) is 0 Å². The van der Waals surface area contributed by atoms with E-state index in [-0.39, 0.29) is 6.04 Å². The van der Waals surface area contributed by atoms with Gasteiger partial charge in [0.15, 0.2) is 0 Å². The van der Waals surface area contributed by atoms with Gasteiger partial charge in [0, 0.05) is 0 Å². The summed E-state index contributed by atoms with van der Waals surface area (Å²) in [6, 6.07) is 8.92. The summed E-state index contributed by atoms with van der Waals surface area (Å²) in [5, 5.41) is 0. The lowest BCUT2D eigenvalue weighted by Crippen LogP contribution is -2.42. The fourth-order valence-electron chi connectivity index (χ4n) is 2.54. The first-order valence-corrected chi connectivity index (χ1v) is 6.18. The van der Waals surface area contributed by atoms with E-state index in [9.17, 15) is 9.59 Å². The highest BCUT2D eigenvalue weighted by molar-refractivity contribution is 5.82. The number of hydrogen-bond acceptors (Lipinski definition) is 4. The summed E-state index contributed by atoms with van der Waals surface area (Å²) >= 11 is 0. The maximum Gasteiger partial charge on any atom is 0.410 e. The Morgan fingerprint density at radius 1 is 1.11 bits per heavy atom. The van der Waals surface area contributed by atoms with Crippen molar-refractivity contribution in [2.45, 2.75) is 24.9 Å². The Balaban J connectivity index is 2.29. The van der Waals surface area contributed by atoms with E-state index < -0.39 is 18.1 Å². The number of hydrogen-bond donors (Lipinski definition) is 0. The van der Waals surface area contributed by atoms with Crippen molar-refractivity contribution in [3.05, 3.63) is 35.9 Å². The smallest absolute Gasteiger partial charge is 0.410 e. The quantitative estimate of drug-likeness (QED) is 0.767. The lowest BCUT2D eigenvalue weighted by Gasteiger charge is -2.27. The fourth-order valence-corrected chi connectivity index (χ4v) is 2.54. The van der Waals surface area contributed by atoms with Gasteiger partial charge in [0.2, 0.25) is 0 Å². The molecule has 1 saturated heterocycles. The number of benzene rings is 1. The minimum absolute atomic E-state index is 0.141. The van der Waals surface area contributed by atoms with Crippen LogP contribution >= 0.6 is 0 Å². The molecule has 102 valence electrons. The van der Waals surface area contributed by atoms with Gasteiger partial charge in [-0.3, -0.25) is 4.90 Å². The fraction of sp³-hybridized carbons (Fsp3) is 0.429. The van der Waals surface area contributed by atoms with E-state index in [1.54, 1.807) is 0 Å². The summed E-state index contributed by atoms with van der Waals surface area (Å²) in [6.45, 7) is 0. The Labute approximate surface area is 112 Å². The molecule has 5 heteroatoms. The zero-order valence-corrected chi connectivity index (χ0v) is 11.0. The molecule has 19 heavy (non-hydrogen) atoms. The second-order valence-electron chi connectivity index (χ2n) is 4.42. The van der Waals surface area contributed by atoms with Crippen molar-refractivity contribution >= 4 is 12.1 Å². The van der Waals surface area contributed by atoms with Crippen molar-refractivity contribution in [3.63, 3.8) is 0 Å². The van der Waals surface area contributed by atoms with Crippen LogP contribution in [0.15, 0.2) is 30.3 Å². The van der Waals surface area contributed by atoms with Gasteiger partial charge in [-0.15, -0.1) is 0 Å². The van der Waals surface area contributed by atoms with E-state index >= 15 is 0 Å². The summed E-state index contributed by atoms with van der Waals surface area (Å²) in [7, 11) is 2.64. The molecule has 0 bridgehead atoms. The Morgan fingerprint density at radius 3 is 2.37 bits per heavy atom. The molecule has 1 aliphatic rings. The molecule has 1 aromatic carbocycles. The molecule has 1 heterocycles. The predicted molar refractivity (Wildman–Crippen MR) is 68.5 cm³/mol. The third kappa shape index (κ3) is 2.54.